The first kappa shape index (κ1) is 21.9. The monoisotopic (exact) mass is 476 g/mol. The molecule has 0 aliphatic heterocycles. The van der Waals surface area contributed by atoms with Gasteiger partial charge in [0.15, 0.2) is 5.69 Å². The fraction of sp³-hybridized carbons (Fsp3) is 0.0833. The molecule has 0 spiro atoms. The molecule has 0 radical (unpaired) electrons. The summed E-state index contributed by atoms with van der Waals surface area (Å²) in [4.78, 5) is 18.4. The normalized spacial score (nSPS) is 12.2. The van der Waals surface area contributed by atoms with Gasteiger partial charge in [0, 0.05) is 35.7 Å². The number of para-hydroxylation sites is 1. The number of methoxy groups -OCH3 is 2. The van der Waals surface area contributed by atoms with Crippen LogP contribution < -0.4 is 26.0 Å². The van der Waals surface area contributed by atoms with Crippen molar-refractivity contribution in [2.75, 3.05) is 20.0 Å². The van der Waals surface area contributed by atoms with Crippen LogP contribution >= 0.6 is 11.3 Å². The van der Waals surface area contributed by atoms with E-state index in [1.54, 1.807) is 24.3 Å². The number of nitrogens with one attached hydrogen (secondary N) is 1. The van der Waals surface area contributed by atoms with Gasteiger partial charge in [0.25, 0.3) is 5.56 Å². The average molecular weight is 477 g/mol. The van der Waals surface area contributed by atoms with Gasteiger partial charge in [-0.1, -0.05) is 12.1 Å². The molecule has 1 atom stereocenters. The zero-order valence-electron chi connectivity index (χ0n) is 18.2. The van der Waals surface area contributed by atoms with Gasteiger partial charge in [-0.3, -0.25) is 9.36 Å². The van der Waals surface area contributed by atoms with Gasteiger partial charge >= 0.3 is 0 Å². The van der Waals surface area contributed by atoms with E-state index in [0.717, 1.165) is 10.2 Å². The van der Waals surface area contributed by atoms with E-state index < -0.39 is 10.8 Å². The summed E-state index contributed by atoms with van der Waals surface area (Å²) >= 11 is 1.44. The third kappa shape index (κ3) is 3.55. The first-order chi connectivity index (χ1) is 16.4. The fourth-order valence-electron chi connectivity index (χ4n) is 3.93. The molecule has 2 aromatic heterocycles. The van der Waals surface area contributed by atoms with Crippen molar-refractivity contribution in [2.45, 2.75) is 0 Å². The highest BCUT2D eigenvalue weighted by Crippen LogP contribution is 2.39. The predicted molar refractivity (Wildman–Crippen MR) is 131 cm³/mol. The van der Waals surface area contributed by atoms with Gasteiger partial charge in [0.05, 0.1) is 41.1 Å². The Balaban J connectivity index is 1.91. The molecule has 172 valence electrons. The highest BCUT2D eigenvalue weighted by atomic mass is 32.1. The first-order valence-electron chi connectivity index (χ1n) is 10.2. The second-order valence-electron chi connectivity index (χ2n) is 7.52. The minimum Gasteiger partial charge on any atom is -0.595 e. The van der Waals surface area contributed by atoms with E-state index in [1.807, 2.05) is 24.3 Å². The molecule has 4 N–H and O–H groups in total. The minimum absolute atomic E-state index is 0.000561. The maximum atomic E-state index is 13.7. The van der Waals surface area contributed by atoms with Crippen molar-refractivity contribution >= 4 is 43.8 Å². The van der Waals surface area contributed by atoms with Crippen LogP contribution in [0.5, 0.6) is 11.5 Å². The molecule has 9 nitrogen and oxygen atoms in total. The van der Waals surface area contributed by atoms with Crippen molar-refractivity contribution in [3.05, 3.63) is 76.2 Å². The lowest BCUT2D eigenvalue weighted by Crippen LogP contribution is -2.99. The lowest BCUT2D eigenvalue weighted by atomic mass is 10.0. The van der Waals surface area contributed by atoms with Crippen molar-refractivity contribution in [2.24, 2.45) is 0 Å². The lowest BCUT2D eigenvalue weighted by Gasteiger charge is -2.18. The number of hydrogen-bond acceptors (Lipinski definition) is 8. The van der Waals surface area contributed by atoms with Crippen molar-refractivity contribution in [1.82, 2.24) is 9.55 Å². The number of ether oxygens (including phenoxy) is 2. The zero-order valence-corrected chi connectivity index (χ0v) is 19.1. The topological polar surface area (TPSA) is 127 Å². The number of nitrogen functional groups attached to an aromatic ring is 1. The summed E-state index contributed by atoms with van der Waals surface area (Å²) in [6.07, 6.45) is 0. The number of aromatic nitrogens is 2. The number of fused-ring (bicyclic) bond motifs is 2. The second kappa shape index (κ2) is 8.43. The number of quaternary nitrogens is 1. The van der Waals surface area contributed by atoms with E-state index in [9.17, 15) is 15.2 Å². The quantitative estimate of drug-likeness (QED) is 0.332. The van der Waals surface area contributed by atoms with Crippen molar-refractivity contribution < 1.29 is 19.9 Å². The van der Waals surface area contributed by atoms with Crippen LogP contribution in [0.2, 0.25) is 0 Å². The molecule has 0 amide bonds. The predicted octanol–water partition coefficient (Wildman–Crippen LogP) is 3.27. The number of hydrogen-bond donors (Lipinski definition) is 3. The van der Waals surface area contributed by atoms with Gasteiger partial charge in [-0.25, -0.2) is 10.2 Å². The van der Waals surface area contributed by atoms with Crippen LogP contribution in [-0.2, 0) is 0 Å². The molecule has 0 saturated heterocycles. The molecule has 5 rings (SSSR count). The van der Waals surface area contributed by atoms with E-state index in [-0.39, 0.29) is 16.9 Å². The molecule has 34 heavy (non-hydrogen) atoms. The third-order valence-electron chi connectivity index (χ3n) is 5.57. The van der Waals surface area contributed by atoms with Crippen LogP contribution in [0.15, 0.2) is 65.5 Å². The van der Waals surface area contributed by atoms with Gasteiger partial charge in [-0.05, 0) is 18.2 Å². The summed E-state index contributed by atoms with van der Waals surface area (Å²) in [5.41, 5.74) is 7.96. The Morgan fingerprint density at radius 2 is 1.74 bits per heavy atom. The molecule has 0 fully saturated rings. The third-order valence-corrected chi connectivity index (χ3v) is 6.62. The number of pyridine rings is 1. The maximum absolute atomic E-state index is 13.7. The largest absolute Gasteiger partial charge is 0.595 e. The van der Waals surface area contributed by atoms with Crippen LogP contribution in [0, 0.1) is 5.21 Å². The summed E-state index contributed by atoms with van der Waals surface area (Å²) in [6.45, 7) is 0. The standard InChI is InChI=1S/C24H20N4O5S/c1-32-15-9-14(10-16(12-15)33-2)27-22(25)21(23-26-19-5-3-4-6-20(19)34-23)17-8-7-13(28(30)31)11-18(17)24(27)29/h3-12,28,30H,25H2,1-2H3. The van der Waals surface area contributed by atoms with Crippen molar-refractivity contribution in [1.29, 1.82) is 0 Å². The summed E-state index contributed by atoms with van der Waals surface area (Å²) in [5, 5.41) is 21.4. The Morgan fingerprint density at radius 1 is 1.03 bits per heavy atom. The van der Waals surface area contributed by atoms with Crippen LogP contribution in [0.3, 0.4) is 0 Å². The molecule has 1 unspecified atom stereocenters. The average Bonchev–Trinajstić information content (AvgIpc) is 3.27. The smallest absolute Gasteiger partial charge is 0.264 e. The van der Waals surface area contributed by atoms with E-state index >= 15 is 0 Å². The van der Waals surface area contributed by atoms with Gasteiger partial charge in [0.2, 0.25) is 0 Å². The first-order valence-corrected chi connectivity index (χ1v) is 11.0. The Bertz CT molecular complexity index is 1550. The number of benzene rings is 3. The Kier molecular flexibility index (Phi) is 5.42. The number of rotatable bonds is 5. The minimum atomic E-state index is -1.13. The van der Waals surface area contributed by atoms with Crippen LogP contribution in [-0.4, -0.2) is 29.0 Å². The molecule has 0 saturated carbocycles. The molecule has 3 aromatic carbocycles. The van der Waals surface area contributed by atoms with Gasteiger partial charge in [0.1, 0.15) is 22.3 Å². The zero-order chi connectivity index (χ0) is 24.0. The van der Waals surface area contributed by atoms with E-state index in [4.69, 9.17) is 20.2 Å². The van der Waals surface area contributed by atoms with Crippen LogP contribution in [0.25, 0.3) is 37.2 Å². The SMILES string of the molecule is COc1cc(OC)cc(-n2c(N)c(-c3nc4ccccc4s3)c3ccc([NH+]([O-])O)cc3c2=O)c1. The number of anilines is 1. The van der Waals surface area contributed by atoms with Gasteiger partial charge < -0.3 is 20.4 Å². The van der Waals surface area contributed by atoms with E-state index in [1.165, 1.54) is 42.3 Å². The van der Waals surface area contributed by atoms with Crippen molar-refractivity contribution in [3.8, 4) is 27.8 Å². The van der Waals surface area contributed by atoms with Crippen LogP contribution in [0.4, 0.5) is 11.5 Å². The molecule has 0 aliphatic carbocycles. The molecule has 2 heterocycles. The van der Waals surface area contributed by atoms with Crippen molar-refractivity contribution in [3.63, 3.8) is 0 Å². The lowest BCUT2D eigenvalue weighted by molar-refractivity contribution is -0.991. The Morgan fingerprint density at radius 3 is 2.38 bits per heavy atom. The molecule has 10 heteroatoms. The van der Waals surface area contributed by atoms with E-state index in [2.05, 4.69) is 0 Å². The molecule has 5 aromatic rings. The summed E-state index contributed by atoms with van der Waals surface area (Å²) in [6, 6.07) is 17.1. The number of thiazole rings is 1. The summed E-state index contributed by atoms with van der Waals surface area (Å²) in [7, 11) is 3.02. The van der Waals surface area contributed by atoms with Gasteiger partial charge in [-0.15, -0.1) is 11.3 Å². The fourth-order valence-corrected chi connectivity index (χ4v) is 4.97. The summed E-state index contributed by atoms with van der Waals surface area (Å²) < 4.78 is 13.0. The molecular formula is C24H20N4O5S. The highest BCUT2D eigenvalue weighted by molar-refractivity contribution is 7.21. The molecule has 0 bridgehead atoms. The van der Waals surface area contributed by atoms with Gasteiger partial charge in [-0.2, -0.15) is 5.23 Å². The second-order valence-corrected chi connectivity index (χ2v) is 8.55. The molecule has 0 aliphatic rings. The van der Waals surface area contributed by atoms with Crippen LogP contribution in [0.1, 0.15) is 0 Å². The number of nitrogens with two attached hydrogens (primary N) is 1. The van der Waals surface area contributed by atoms with E-state index in [0.29, 0.717) is 33.1 Å². The Hall–Kier alpha value is -3.96. The highest BCUT2D eigenvalue weighted by Gasteiger charge is 2.22. The molecular weight excluding hydrogens is 456 g/mol. The summed E-state index contributed by atoms with van der Waals surface area (Å²) in [5.74, 6) is 1.12. The maximum Gasteiger partial charge on any atom is 0.264 e. The number of nitrogens with zero attached hydrogens (tertiary/aromatic N) is 2. The Labute approximate surface area is 197 Å².